The molecule has 4 aliphatic rings. The second-order valence-electron chi connectivity index (χ2n) is 14.3. The number of piperidine rings is 1. The van der Waals surface area contributed by atoms with Gasteiger partial charge in [0.2, 0.25) is 0 Å². The monoisotopic (exact) mass is 639 g/mol. The maximum atomic E-state index is 14.0. The number of likely N-dealkylation sites (tertiary alicyclic amines) is 1. The van der Waals surface area contributed by atoms with Crippen LogP contribution in [-0.4, -0.2) is 57.2 Å². The molecule has 48 heavy (non-hydrogen) atoms. The van der Waals surface area contributed by atoms with Gasteiger partial charge in [-0.2, -0.15) is 0 Å². The normalized spacial score (nSPS) is 20.7. The quantitative estimate of drug-likeness (QED) is 0.203. The van der Waals surface area contributed by atoms with Gasteiger partial charge in [-0.3, -0.25) is 19.7 Å². The number of anilines is 2. The van der Waals surface area contributed by atoms with E-state index >= 15 is 0 Å². The van der Waals surface area contributed by atoms with Crippen molar-refractivity contribution >= 4 is 56.9 Å². The molecule has 1 saturated carbocycles. The van der Waals surface area contributed by atoms with Crippen LogP contribution in [0, 0.1) is 5.92 Å². The third-order valence-corrected chi connectivity index (χ3v) is 10.2. The molecule has 2 fully saturated rings. The van der Waals surface area contributed by atoms with E-state index in [-0.39, 0.29) is 23.0 Å². The van der Waals surface area contributed by atoms with E-state index in [1.54, 1.807) is 54.8 Å². The van der Waals surface area contributed by atoms with Gasteiger partial charge in [-0.05, 0) is 93.1 Å². The van der Waals surface area contributed by atoms with Crippen molar-refractivity contribution in [2.75, 3.05) is 23.3 Å². The number of nitrogens with one attached hydrogen (secondary N) is 3. The Morgan fingerprint density at radius 3 is 2.50 bits per heavy atom. The number of rotatable bonds is 3. The van der Waals surface area contributed by atoms with E-state index in [4.69, 9.17) is 4.74 Å². The van der Waals surface area contributed by atoms with Gasteiger partial charge in [0.25, 0.3) is 11.8 Å². The zero-order chi connectivity index (χ0) is 33.1. The van der Waals surface area contributed by atoms with Crippen molar-refractivity contribution in [3.8, 4) is 0 Å². The molecule has 2 unspecified atom stereocenters. The first-order valence-corrected chi connectivity index (χ1v) is 16.3. The maximum Gasteiger partial charge on any atom is 0.412 e. The fraction of sp³-hybridized carbons (Fsp3) is 0.263. The minimum absolute atomic E-state index is 0.0522. The van der Waals surface area contributed by atoms with E-state index in [0.29, 0.717) is 42.5 Å². The van der Waals surface area contributed by atoms with Crippen molar-refractivity contribution in [2.24, 2.45) is 5.92 Å². The number of H-pyrrole nitrogens is 2. The van der Waals surface area contributed by atoms with Crippen LogP contribution < -0.4 is 10.2 Å². The largest absolute Gasteiger partial charge is 0.444 e. The molecule has 2 atom stereocenters. The average molecular weight is 640 g/mol. The number of benzene rings is 3. The summed E-state index contributed by atoms with van der Waals surface area (Å²) in [4.78, 5) is 63.2. The van der Waals surface area contributed by atoms with Crippen LogP contribution in [0.25, 0.3) is 21.8 Å². The van der Waals surface area contributed by atoms with Crippen LogP contribution in [0.1, 0.15) is 69.7 Å². The van der Waals surface area contributed by atoms with Crippen LogP contribution in [0.2, 0.25) is 0 Å². The Labute approximate surface area is 275 Å². The molecule has 10 nitrogen and oxygen atoms in total. The van der Waals surface area contributed by atoms with Crippen LogP contribution in [-0.2, 0) is 16.6 Å². The molecule has 1 spiro atoms. The molecule has 2 aliphatic carbocycles. The van der Waals surface area contributed by atoms with Gasteiger partial charge in [0, 0.05) is 69.0 Å². The lowest BCUT2D eigenvalue weighted by Gasteiger charge is -2.29. The molecule has 3 N–H and O–H groups in total. The summed E-state index contributed by atoms with van der Waals surface area (Å²) >= 11 is 0. The van der Waals surface area contributed by atoms with E-state index in [1.165, 1.54) is 0 Å². The molecule has 2 aromatic heterocycles. The molecule has 0 bridgehead atoms. The van der Waals surface area contributed by atoms with E-state index < -0.39 is 11.7 Å². The van der Waals surface area contributed by atoms with Crippen molar-refractivity contribution in [1.29, 1.82) is 0 Å². The lowest BCUT2D eigenvalue weighted by atomic mass is 9.81. The van der Waals surface area contributed by atoms with Crippen molar-refractivity contribution in [2.45, 2.75) is 44.6 Å². The number of hydrogen-bond donors (Lipinski definition) is 3. The summed E-state index contributed by atoms with van der Waals surface area (Å²) in [6.07, 6.45) is 2.73. The number of carbonyl (C=O) groups excluding carboxylic acids is 4. The molecule has 240 valence electrons. The Kier molecular flexibility index (Phi) is 5.77. The van der Waals surface area contributed by atoms with Crippen LogP contribution in [0.3, 0.4) is 0 Å². The fourth-order valence-corrected chi connectivity index (χ4v) is 8.06. The van der Waals surface area contributed by atoms with Gasteiger partial charge in [-0.1, -0.05) is 24.3 Å². The minimum atomic E-state index is -0.615. The zero-order valence-electron chi connectivity index (χ0n) is 26.8. The predicted molar refractivity (Wildman–Crippen MR) is 182 cm³/mol. The topological polar surface area (TPSA) is 128 Å². The molecular weight excluding hydrogens is 606 g/mol. The standard InChI is InChI=1S/C38H33N5O5/c1-37(2,3)48-36(47)39-22-8-9-27-20(14-22)15-29(40-27)34(45)42-13-12-23-25-16-30(41-28(25)10-11-31(23)42)35(46)43-19-21-18-38(21)26-7-5-4-6-24(26)32(44)17-33(38)43/h4-11,14-17,21,40-41H,12-13,18-19H2,1-3H3,(H,39,47). The Hall–Kier alpha value is -5.64. The molecule has 4 heterocycles. The number of fused-ring (bicyclic) bond motifs is 5. The Bertz CT molecular complexity index is 2300. The summed E-state index contributed by atoms with van der Waals surface area (Å²) in [5, 5.41) is 4.45. The van der Waals surface area contributed by atoms with Crippen LogP contribution in [0.5, 0.6) is 0 Å². The molecule has 9 rings (SSSR count). The molecule has 3 aromatic carbocycles. The summed E-state index contributed by atoms with van der Waals surface area (Å²) in [6.45, 7) is 6.51. The number of ether oxygens (including phenoxy) is 1. The number of nitrogens with zero attached hydrogens (tertiary/aromatic N) is 2. The summed E-state index contributed by atoms with van der Waals surface area (Å²) in [7, 11) is 0. The van der Waals surface area contributed by atoms with Gasteiger partial charge in [0.05, 0.1) is 0 Å². The third-order valence-electron chi connectivity index (χ3n) is 10.2. The summed E-state index contributed by atoms with van der Waals surface area (Å²) in [5.74, 6) is -0.0423. The molecule has 1 saturated heterocycles. The van der Waals surface area contributed by atoms with Crippen LogP contribution >= 0.6 is 0 Å². The lowest BCUT2D eigenvalue weighted by molar-refractivity contribution is 0.0635. The SMILES string of the molecule is CC(C)(C)OC(=O)Nc1ccc2[nH]c(C(=O)N3CCc4c3ccc3[nH]c(C(=O)N5CC6CC67C5=CC(=O)c5ccccc57)cc43)cc2c1. The second-order valence-corrected chi connectivity index (χ2v) is 14.3. The van der Waals surface area contributed by atoms with Crippen LogP contribution in [0.4, 0.5) is 16.2 Å². The lowest BCUT2D eigenvalue weighted by Crippen LogP contribution is -2.33. The molecule has 10 heteroatoms. The highest BCUT2D eigenvalue weighted by atomic mass is 16.6. The third kappa shape index (κ3) is 4.18. The van der Waals surface area contributed by atoms with E-state index in [9.17, 15) is 19.2 Å². The van der Waals surface area contributed by atoms with Gasteiger partial charge >= 0.3 is 6.09 Å². The van der Waals surface area contributed by atoms with E-state index in [2.05, 4.69) is 15.3 Å². The van der Waals surface area contributed by atoms with Crippen molar-refractivity contribution < 1.29 is 23.9 Å². The zero-order valence-corrected chi connectivity index (χ0v) is 26.8. The van der Waals surface area contributed by atoms with Gasteiger partial charge in [-0.15, -0.1) is 0 Å². The number of hydrogen-bond acceptors (Lipinski definition) is 5. The molecule has 5 aromatic rings. The van der Waals surface area contributed by atoms with Crippen LogP contribution in [0.15, 0.2) is 78.5 Å². The molecule has 3 amide bonds. The molecule has 0 radical (unpaired) electrons. The fourth-order valence-electron chi connectivity index (χ4n) is 8.06. The van der Waals surface area contributed by atoms with Gasteiger partial charge in [0.15, 0.2) is 5.78 Å². The predicted octanol–water partition coefficient (Wildman–Crippen LogP) is 6.69. The van der Waals surface area contributed by atoms with Crippen molar-refractivity contribution in [3.05, 3.63) is 107 Å². The minimum Gasteiger partial charge on any atom is -0.444 e. The number of ketones is 1. The molecular formula is C38H33N5O5. The molecule has 2 aliphatic heterocycles. The first kappa shape index (κ1) is 28.6. The van der Waals surface area contributed by atoms with Gasteiger partial charge in [0.1, 0.15) is 17.0 Å². The summed E-state index contributed by atoms with van der Waals surface area (Å²) < 4.78 is 5.35. The summed E-state index contributed by atoms with van der Waals surface area (Å²) in [6, 6.07) is 20.7. The van der Waals surface area contributed by atoms with Gasteiger partial charge < -0.3 is 24.5 Å². The summed E-state index contributed by atoms with van der Waals surface area (Å²) in [5.41, 5.74) is 6.65. The highest BCUT2D eigenvalue weighted by molar-refractivity contribution is 6.12. The first-order valence-electron chi connectivity index (χ1n) is 16.3. The smallest absolute Gasteiger partial charge is 0.412 e. The maximum absolute atomic E-state index is 14.0. The number of aromatic amines is 2. The first-order chi connectivity index (χ1) is 23.0. The number of carbonyl (C=O) groups is 4. The van der Waals surface area contributed by atoms with Crippen molar-refractivity contribution in [1.82, 2.24) is 14.9 Å². The van der Waals surface area contributed by atoms with E-state index in [0.717, 1.165) is 56.3 Å². The number of allylic oxidation sites excluding steroid dienone is 2. The Morgan fingerprint density at radius 1 is 0.917 bits per heavy atom. The highest BCUT2D eigenvalue weighted by Crippen LogP contribution is 2.66. The van der Waals surface area contributed by atoms with Gasteiger partial charge in [-0.25, -0.2) is 4.79 Å². The Balaban J connectivity index is 0.970. The Morgan fingerprint density at radius 2 is 1.67 bits per heavy atom. The second kappa shape index (κ2) is 9.70. The highest BCUT2D eigenvalue weighted by Gasteiger charge is 2.67. The number of aromatic nitrogens is 2. The number of amides is 3. The van der Waals surface area contributed by atoms with Crippen molar-refractivity contribution in [3.63, 3.8) is 0 Å². The average Bonchev–Trinajstić information content (AvgIpc) is 3.51. The van der Waals surface area contributed by atoms with E-state index in [1.807, 2.05) is 48.5 Å².